The highest BCUT2D eigenvalue weighted by Gasteiger charge is 2.34. The van der Waals surface area contributed by atoms with Crippen molar-refractivity contribution in [2.45, 2.75) is 35.6 Å². The molecule has 1 heterocycles. The molecule has 0 radical (unpaired) electrons. The standard InChI is InChI=1S/C14H22N2O4S2.ClH/c1-11(15)12-6-5-9-16(10-12)22(19,20)14-8-4-3-7-13(14)21(2,17)18;/h3-4,7-8,11-12H,5-6,9-10,15H2,1-2H3;1H. The van der Waals surface area contributed by atoms with Gasteiger partial charge >= 0.3 is 0 Å². The quantitative estimate of drug-likeness (QED) is 0.845. The van der Waals surface area contributed by atoms with Crippen molar-refractivity contribution in [3.05, 3.63) is 24.3 Å². The first-order valence-electron chi connectivity index (χ1n) is 7.19. The lowest BCUT2D eigenvalue weighted by Crippen LogP contribution is -2.45. The van der Waals surface area contributed by atoms with Gasteiger partial charge in [-0.2, -0.15) is 4.31 Å². The molecule has 2 atom stereocenters. The largest absolute Gasteiger partial charge is 0.328 e. The fourth-order valence-corrected chi connectivity index (χ4v) is 5.87. The van der Waals surface area contributed by atoms with Gasteiger partial charge in [0.1, 0.15) is 4.90 Å². The van der Waals surface area contributed by atoms with Gasteiger partial charge in [0.15, 0.2) is 9.84 Å². The van der Waals surface area contributed by atoms with Crippen LogP contribution in [0.25, 0.3) is 0 Å². The second-order valence-corrected chi connectivity index (χ2v) is 9.73. The Morgan fingerprint density at radius 1 is 1.17 bits per heavy atom. The van der Waals surface area contributed by atoms with E-state index in [1.165, 1.54) is 28.6 Å². The first-order chi connectivity index (χ1) is 10.1. The number of rotatable bonds is 4. The number of sulfone groups is 1. The molecule has 1 fully saturated rings. The van der Waals surface area contributed by atoms with Crippen LogP contribution < -0.4 is 5.73 Å². The van der Waals surface area contributed by atoms with Gasteiger partial charge in [-0.1, -0.05) is 12.1 Å². The average molecular weight is 383 g/mol. The summed E-state index contributed by atoms with van der Waals surface area (Å²) in [6, 6.07) is 5.64. The van der Waals surface area contributed by atoms with E-state index in [0.29, 0.717) is 13.1 Å². The second kappa shape index (κ2) is 7.48. The van der Waals surface area contributed by atoms with E-state index in [-0.39, 0.29) is 34.2 Å². The van der Waals surface area contributed by atoms with Gasteiger partial charge < -0.3 is 5.73 Å². The number of hydrogen-bond donors (Lipinski definition) is 1. The molecule has 1 aliphatic rings. The minimum atomic E-state index is -3.84. The summed E-state index contributed by atoms with van der Waals surface area (Å²) in [5.74, 6) is 0.0916. The number of halogens is 1. The Labute approximate surface area is 144 Å². The van der Waals surface area contributed by atoms with Crippen molar-refractivity contribution >= 4 is 32.3 Å². The van der Waals surface area contributed by atoms with E-state index in [9.17, 15) is 16.8 Å². The molecule has 0 bridgehead atoms. The smallest absolute Gasteiger partial charge is 0.244 e. The molecule has 23 heavy (non-hydrogen) atoms. The topological polar surface area (TPSA) is 97.5 Å². The maximum absolute atomic E-state index is 12.8. The molecule has 2 rings (SSSR count). The highest BCUT2D eigenvalue weighted by molar-refractivity contribution is 7.93. The summed E-state index contributed by atoms with van der Waals surface area (Å²) in [7, 11) is -7.46. The maximum atomic E-state index is 12.8. The van der Waals surface area contributed by atoms with Crippen LogP contribution in [0.15, 0.2) is 34.1 Å². The lowest BCUT2D eigenvalue weighted by molar-refractivity contribution is 0.243. The van der Waals surface area contributed by atoms with Crippen LogP contribution in [0.5, 0.6) is 0 Å². The number of piperidine rings is 1. The molecule has 1 aromatic rings. The molecule has 9 heteroatoms. The van der Waals surface area contributed by atoms with E-state index in [2.05, 4.69) is 0 Å². The summed E-state index contributed by atoms with van der Waals surface area (Å²) < 4.78 is 50.7. The van der Waals surface area contributed by atoms with Gasteiger partial charge in [-0.05, 0) is 37.8 Å². The fraction of sp³-hybridized carbons (Fsp3) is 0.571. The molecule has 1 aromatic carbocycles. The fourth-order valence-electron chi connectivity index (χ4n) is 2.73. The molecule has 1 saturated heterocycles. The number of sulfonamides is 1. The summed E-state index contributed by atoms with van der Waals surface area (Å²) in [5, 5.41) is 0. The van der Waals surface area contributed by atoms with Crippen molar-refractivity contribution in [1.29, 1.82) is 0 Å². The molecule has 0 aromatic heterocycles. The molecule has 2 N–H and O–H groups in total. The van der Waals surface area contributed by atoms with E-state index in [1.807, 2.05) is 6.92 Å². The van der Waals surface area contributed by atoms with Gasteiger partial charge in [-0.15, -0.1) is 12.4 Å². The summed E-state index contributed by atoms with van der Waals surface area (Å²) in [6.45, 7) is 2.59. The summed E-state index contributed by atoms with van der Waals surface area (Å²) in [6.07, 6.45) is 2.63. The zero-order valence-electron chi connectivity index (χ0n) is 13.2. The van der Waals surface area contributed by atoms with Crippen LogP contribution >= 0.6 is 12.4 Å². The van der Waals surface area contributed by atoms with Crippen LogP contribution in [0.3, 0.4) is 0 Å². The van der Waals surface area contributed by atoms with Crippen LogP contribution in [0.2, 0.25) is 0 Å². The summed E-state index contributed by atoms with van der Waals surface area (Å²) in [4.78, 5) is -0.305. The third kappa shape index (κ3) is 4.45. The minimum Gasteiger partial charge on any atom is -0.328 e. The Morgan fingerprint density at radius 2 is 1.74 bits per heavy atom. The molecule has 0 spiro atoms. The number of nitrogens with zero attached hydrogens (tertiary/aromatic N) is 1. The lowest BCUT2D eigenvalue weighted by atomic mass is 9.93. The van der Waals surface area contributed by atoms with E-state index < -0.39 is 19.9 Å². The van der Waals surface area contributed by atoms with Crippen molar-refractivity contribution < 1.29 is 16.8 Å². The summed E-state index contributed by atoms with van der Waals surface area (Å²) >= 11 is 0. The average Bonchev–Trinajstić information content (AvgIpc) is 2.46. The molecule has 0 aliphatic carbocycles. The maximum Gasteiger partial charge on any atom is 0.244 e. The number of hydrogen-bond acceptors (Lipinski definition) is 5. The van der Waals surface area contributed by atoms with E-state index in [0.717, 1.165) is 19.1 Å². The molecule has 0 amide bonds. The number of nitrogens with two attached hydrogens (primary N) is 1. The normalized spacial score (nSPS) is 21.4. The highest BCUT2D eigenvalue weighted by atomic mass is 35.5. The highest BCUT2D eigenvalue weighted by Crippen LogP contribution is 2.28. The second-order valence-electron chi connectivity index (χ2n) is 5.84. The van der Waals surface area contributed by atoms with Crippen LogP contribution in [0.1, 0.15) is 19.8 Å². The van der Waals surface area contributed by atoms with Gasteiger partial charge in [0.05, 0.1) is 4.90 Å². The SMILES string of the molecule is CC(N)C1CCCN(S(=O)(=O)c2ccccc2S(C)(=O)=O)C1.Cl. The molecule has 2 unspecified atom stereocenters. The van der Waals surface area contributed by atoms with Crippen LogP contribution in [-0.4, -0.2) is 46.5 Å². The van der Waals surface area contributed by atoms with Crippen molar-refractivity contribution in [3.8, 4) is 0 Å². The predicted octanol–water partition coefficient (Wildman–Crippen LogP) is 1.26. The Morgan fingerprint density at radius 3 is 2.26 bits per heavy atom. The van der Waals surface area contributed by atoms with Crippen molar-refractivity contribution in [1.82, 2.24) is 4.31 Å². The van der Waals surface area contributed by atoms with E-state index >= 15 is 0 Å². The van der Waals surface area contributed by atoms with Gasteiger partial charge in [0.25, 0.3) is 0 Å². The third-order valence-corrected chi connectivity index (χ3v) is 7.24. The Balaban J connectivity index is 0.00000264. The minimum absolute atomic E-state index is 0. The molecular formula is C14H23ClN2O4S2. The Bertz CT molecular complexity index is 748. The van der Waals surface area contributed by atoms with Crippen molar-refractivity contribution in [2.24, 2.45) is 11.7 Å². The van der Waals surface area contributed by atoms with Gasteiger partial charge in [0, 0.05) is 25.4 Å². The molecule has 1 aliphatic heterocycles. The van der Waals surface area contributed by atoms with Gasteiger partial charge in [-0.25, -0.2) is 16.8 Å². The van der Waals surface area contributed by atoms with Crippen molar-refractivity contribution in [2.75, 3.05) is 19.3 Å². The Kier molecular flexibility index (Phi) is 6.63. The van der Waals surface area contributed by atoms with Crippen LogP contribution in [-0.2, 0) is 19.9 Å². The van der Waals surface area contributed by atoms with E-state index in [1.54, 1.807) is 0 Å². The zero-order chi connectivity index (χ0) is 16.5. The Hall–Kier alpha value is -0.670. The molecule has 132 valence electrons. The van der Waals surface area contributed by atoms with Crippen LogP contribution in [0, 0.1) is 5.92 Å². The zero-order valence-corrected chi connectivity index (χ0v) is 15.6. The first-order valence-corrected chi connectivity index (χ1v) is 10.5. The monoisotopic (exact) mass is 382 g/mol. The van der Waals surface area contributed by atoms with E-state index in [4.69, 9.17) is 5.73 Å². The van der Waals surface area contributed by atoms with Crippen LogP contribution in [0.4, 0.5) is 0 Å². The molecular weight excluding hydrogens is 360 g/mol. The van der Waals surface area contributed by atoms with Crippen molar-refractivity contribution in [3.63, 3.8) is 0 Å². The predicted molar refractivity (Wildman–Crippen MR) is 91.9 cm³/mol. The lowest BCUT2D eigenvalue weighted by Gasteiger charge is -2.34. The number of benzene rings is 1. The third-order valence-electron chi connectivity index (χ3n) is 4.03. The van der Waals surface area contributed by atoms with Gasteiger partial charge in [-0.3, -0.25) is 0 Å². The molecule has 0 saturated carbocycles. The van der Waals surface area contributed by atoms with Gasteiger partial charge in [0.2, 0.25) is 10.0 Å². The molecule has 6 nitrogen and oxygen atoms in total. The first kappa shape index (κ1) is 20.4. The summed E-state index contributed by atoms with van der Waals surface area (Å²) in [5.41, 5.74) is 5.89.